The fourth-order valence-corrected chi connectivity index (χ4v) is 11.8. The van der Waals surface area contributed by atoms with Crippen LogP contribution < -0.4 is 4.90 Å². The number of anilines is 3. The molecular weight excluding hydrogens is 723 g/mol. The highest BCUT2D eigenvalue weighted by Crippen LogP contribution is 2.57. The Bertz CT molecular complexity index is 3160. The lowest BCUT2D eigenvalue weighted by Gasteiger charge is -2.36. The third-order valence-corrected chi connectivity index (χ3v) is 14.5. The summed E-state index contributed by atoms with van der Waals surface area (Å²) in [6.45, 7) is 4.77. The fourth-order valence-electron chi connectivity index (χ4n) is 11.8. The number of benzene rings is 9. The average Bonchev–Trinajstić information content (AvgIpc) is 3.71. The summed E-state index contributed by atoms with van der Waals surface area (Å²) in [6, 6.07) is 71.0. The van der Waals surface area contributed by atoms with Gasteiger partial charge < -0.3 is 4.90 Å². The summed E-state index contributed by atoms with van der Waals surface area (Å²) in [6.07, 6.45) is 6.29. The predicted molar refractivity (Wildman–Crippen MR) is 254 cm³/mol. The van der Waals surface area contributed by atoms with Gasteiger partial charge in [-0.2, -0.15) is 0 Å². The first kappa shape index (κ1) is 35.3. The molecule has 3 aliphatic carbocycles. The average molecular weight is 770 g/mol. The zero-order valence-electron chi connectivity index (χ0n) is 34.4. The van der Waals surface area contributed by atoms with E-state index in [-0.39, 0.29) is 10.8 Å². The van der Waals surface area contributed by atoms with Crippen molar-refractivity contribution in [2.45, 2.75) is 56.8 Å². The van der Waals surface area contributed by atoms with Crippen LogP contribution in [-0.4, -0.2) is 0 Å². The largest absolute Gasteiger partial charge is 0.310 e. The minimum absolute atomic E-state index is 0.0714. The van der Waals surface area contributed by atoms with Gasteiger partial charge >= 0.3 is 0 Å². The second kappa shape index (κ2) is 13.4. The van der Waals surface area contributed by atoms with Gasteiger partial charge in [0, 0.05) is 27.6 Å². The second-order valence-corrected chi connectivity index (χ2v) is 17.9. The molecule has 0 radical (unpaired) electrons. The maximum absolute atomic E-state index is 2.56. The summed E-state index contributed by atoms with van der Waals surface area (Å²) in [4.78, 5) is 2.52. The van der Waals surface area contributed by atoms with E-state index < -0.39 is 0 Å². The van der Waals surface area contributed by atoms with E-state index in [1.54, 1.807) is 0 Å². The van der Waals surface area contributed by atoms with Gasteiger partial charge in [-0.25, -0.2) is 0 Å². The van der Waals surface area contributed by atoms with Crippen molar-refractivity contribution in [2.75, 3.05) is 4.90 Å². The molecule has 0 amide bonds. The van der Waals surface area contributed by atoms with Gasteiger partial charge in [-0.3, -0.25) is 0 Å². The Morgan fingerprint density at radius 1 is 0.383 bits per heavy atom. The first-order chi connectivity index (χ1) is 29.5. The van der Waals surface area contributed by atoms with E-state index in [0.29, 0.717) is 0 Å². The topological polar surface area (TPSA) is 3.24 Å². The third-order valence-electron chi connectivity index (χ3n) is 14.5. The Labute approximate surface area is 353 Å². The molecule has 288 valence electrons. The molecule has 0 atom stereocenters. The third kappa shape index (κ3) is 5.11. The van der Waals surface area contributed by atoms with Gasteiger partial charge in [0.25, 0.3) is 0 Å². The number of nitrogens with zero attached hydrogens (tertiary/aromatic N) is 1. The van der Waals surface area contributed by atoms with Gasteiger partial charge in [-0.05, 0) is 126 Å². The molecule has 0 N–H and O–H groups in total. The number of hydrogen-bond acceptors (Lipinski definition) is 1. The minimum Gasteiger partial charge on any atom is -0.310 e. The van der Waals surface area contributed by atoms with E-state index in [2.05, 4.69) is 207 Å². The SMILES string of the molecule is CC1(C)c2ccccc2-c2cccc(-c3ccccc3-c3ccc(N(c4ccc5c(c4)C4(CCCCC4)c4ccccc4-5)c4cccc5c4ccc4ccccc45)cc3)c21. The Morgan fingerprint density at radius 2 is 0.967 bits per heavy atom. The molecular formula is C59H47N. The lowest BCUT2D eigenvalue weighted by Crippen LogP contribution is -2.28. The van der Waals surface area contributed by atoms with Crippen molar-refractivity contribution in [2.24, 2.45) is 0 Å². The van der Waals surface area contributed by atoms with Gasteiger partial charge in [-0.1, -0.05) is 191 Å². The fraction of sp³-hybridized carbons (Fsp3) is 0.153. The first-order valence-corrected chi connectivity index (χ1v) is 21.9. The van der Waals surface area contributed by atoms with Crippen LogP contribution in [0.25, 0.3) is 66.1 Å². The molecule has 3 aliphatic rings. The molecule has 0 unspecified atom stereocenters. The lowest BCUT2D eigenvalue weighted by molar-refractivity contribution is 0.353. The summed E-state index contributed by atoms with van der Waals surface area (Å²) in [5, 5.41) is 5.08. The zero-order chi connectivity index (χ0) is 40.0. The predicted octanol–water partition coefficient (Wildman–Crippen LogP) is 16.3. The van der Waals surface area contributed by atoms with E-state index in [4.69, 9.17) is 0 Å². The molecule has 9 aromatic rings. The molecule has 12 rings (SSSR count). The number of fused-ring (bicyclic) bond motifs is 11. The van der Waals surface area contributed by atoms with Crippen LogP contribution in [0.15, 0.2) is 188 Å². The molecule has 0 heterocycles. The van der Waals surface area contributed by atoms with Crippen molar-refractivity contribution in [3.63, 3.8) is 0 Å². The van der Waals surface area contributed by atoms with Crippen molar-refractivity contribution in [1.82, 2.24) is 0 Å². The Kier molecular flexibility index (Phi) is 7.88. The highest BCUT2D eigenvalue weighted by molar-refractivity contribution is 6.13. The van der Waals surface area contributed by atoms with E-state index in [1.165, 1.54) is 132 Å². The lowest BCUT2D eigenvalue weighted by atomic mass is 9.68. The molecule has 0 saturated heterocycles. The smallest absolute Gasteiger partial charge is 0.0540 e. The van der Waals surface area contributed by atoms with Crippen LogP contribution in [0, 0.1) is 0 Å². The van der Waals surface area contributed by atoms with Gasteiger partial charge in [0.05, 0.1) is 5.69 Å². The standard InChI is InChI=1S/C59H47N/c1-58(2)53-25-10-8-21-48(53)52-24-14-23-51(57(52)58)46-19-7-6-18-44(46)40-28-31-41(32-29-40)60(56-27-15-22-45-43-17-5-4-16-39(43)30-34-50(45)56)42-33-35-49-47-20-9-11-26-54(47)59(55(49)38-42)36-12-3-13-37-59/h4-11,14-35,38H,3,12-13,36-37H2,1-2H3. The molecule has 60 heavy (non-hydrogen) atoms. The summed E-state index contributed by atoms with van der Waals surface area (Å²) in [5.41, 5.74) is 20.0. The van der Waals surface area contributed by atoms with Crippen LogP contribution >= 0.6 is 0 Å². The van der Waals surface area contributed by atoms with Crippen molar-refractivity contribution in [3.8, 4) is 44.5 Å². The van der Waals surface area contributed by atoms with Crippen LogP contribution in [0.3, 0.4) is 0 Å². The molecule has 1 heteroatoms. The normalized spacial score (nSPS) is 15.4. The minimum atomic E-state index is -0.1000. The van der Waals surface area contributed by atoms with Gasteiger partial charge in [-0.15, -0.1) is 0 Å². The molecule has 0 aromatic heterocycles. The van der Waals surface area contributed by atoms with E-state index in [1.807, 2.05) is 0 Å². The van der Waals surface area contributed by atoms with Crippen molar-refractivity contribution >= 4 is 38.6 Å². The molecule has 1 nitrogen and oxygen atoms in total. The molecule has 1 fully saturated rings. The molecule has 9 aromatic carbocycles. The molecule has 1 spiro atoms. The monoisotopic (exact) mass is 769 g/mol. The maximum Gasteiger partial charge on any atom is 0.0540 e. The highest BCUT2D eigenvalue weighted by atomic mass is 15.1. The van der Waals surface area contributed by atoms with Crippen LogP contribution in [0.1, 0.15) is 68.2 Å². The summed E-state index contributed by atoms with van der Waals surface area (Å²) in [5.74, 6) is 0. The second-order valence-electron chi connectivity index (χ2n) is 17.9. The molecule has 0 bridgehead atoms. The van der Waals surface area contributed by atoms with Crippen LogP contribution in [0.2, 0.25) is 0 Å². The number of rotatable bonds is 5. The van der Waals surface area contributed by atoms with E-state index >= 15 is 0 Å². The zero-order valence-corrected chi connectivity index (χ0v) is 34.4. The van der Waals surface area contributed by atoms with Crippen molar-refractivity contribution in [1.29, 1.82) is 0 Å². The first-order valence-electron chi connectivity index (χ1n) is 21.9. The van der Waals surface area contributed by atoms with Crippen LogP contribution in [-0.2, 0) is 10.8 Å². The van der Waals surface area contributed by atoms with E-state index in [0.717, 1.165) is 5.69 Å². The van der Waals surface area contributed by atoms with Crippen LogP contribution in [0.4, 0.5) is 17.1 Å². The van der Waals surface area contributed by atoms with Gasteiger partial charge in [0.15, 0.2) is 0 Å². The van der Waals surface area contributed by atoms with Gasteiger partial charge in [0.1, 0.15) is 0 Å². The van der Waals surface area contributed by atoms with E-state index in [9.17, 15) is 0 Å². The maximum atomic E-state index is 2.56. The van der Waals surface area contributed by atoms with Crippen LogP contribution in [0.5, 0.6) is 0 Å². The Balaban J connectivity index is 1.02. The summed E-state index contributed by atoms with van der Waals surface area (Å²) in [7, 11) is 0. The number of hydrogen-bond donors (Lipinski definition) is 0. The summed E-state index contributed by atoms with van der Waals surface area (Å²) < 4.78 is 0. The van der Waals surface area contributed by atoms with Gasteiger partial charge in [0.2, 0.25) is 0 Å². The Morgan fingerprint density at radius 3 is 1.77 bits per heavy atom. The Hall–Kier alpha value is -6.70. The van der Waals surface area contributed by atoms with Crippen molar-refractivity contribution in [3.05, 3.63) is 210 Å². The van der Waals surface area contributed by atoms with Crippen molar-refractivity contribution < 1.29 is 0 Å². The highest BCUT2D eigenvalue weighted by Gasteiger charge is 2.44. The molecule has 0 aliphatic heterocycles. The molecule has 1 saturated carbocycles. The quantitative estimate of drug-likeness (QED) is 0.158. The summed E-state index contributed by atoms with van der Waals surface area (Å²) >= 11 is 0.